The molecule has 2 unspecified atom stereocenters. The van der Waals surface area contributed by atoms with E-state index < -0.39 is 0 Å². The fourth-order valence-corrected chi connectivity index (χ4v) is 3.41. The van der Waals surface area contributed by atoms with Gasteiger partial charge in [0.2, 0.25) is 0 Å². The molecule has 0 aromatic heterocycles. The molecule has 1 aromatic carbocycles. The normalized spacial score (nSPS) is 24.2. The molecule has 1 aliphatic rings. The van der Waals surface area contributed by atoms with Gasteiger partial charge in [-0.25, -0.2) is 0 Å². The highest BCUT2D eigenvalue weighted by molar-refractivity contribution is 5.27. The molecular weight excluding hydrogens is 244 g/mol. The molecule has 0 bridgehead atoms. The first-order valence-electron chi connectivity index (χ1n) is 8.14. The van der Waals surface area contributed by atoms with Crippen molar-refractivity contribution in [2.75, 3.05) is 26.7 Å². The number of rotatable bonds is 5. The lowest BCUT2D eigenvalue weighted by Crippen LogP contribution is -2.40. The molecule has 2 heteroatoms. The molecule has 1 saturated heterocycles. The maximum Gasteiger partial charge on any atom is 0.0385 e. The van der Waals surface area contributed by atoms with Crippen LogP contribution in [0.3, 0.4) is 0 Å². The summed E-state index contributed by atoms with van der Waals surface area (Å²) in [6.45, 7) is 10.1. The lowest BCUT2D eigenvalue weighted by molar-refractivity contribution is 0.120. The van der Waals surface area contributed by atoms with Gasteiger partial charge in [0, 0.05) is 6.04 Å². The minimum Gasteiger partial charge on any atom is -0.317 e. The van der Waals surface area contributed by atoms with Crippen LogP contribution in [0, 0.1) is 5.92 Å². The van der Waals surface area contributed by atoms with Crippen molar-refractivity contribution in [2.24, 2.45) is 5.92 Å². The van der Waals surface area contributed by atoms with Crippen LogP contribution in [0.25, 0.3) is 0 Å². The van der Waals surface area contributed by atoms with E-state index in [0.717, 1.165) is 19.0 Å². The number of piperidine rings is 1. The zero-order valence-electron chi connectivity index (χ0n) is 13.5. The molecule has 1 heterocycles. The van der Waals surface area contributed by atoms with Gasteiger partial charge in [0.25, 0.3) is 0 Å². The van der Waals surface area contributed by atoms with Crippen LogP contribution in [0.4, 0.5) is 0 Å². The zero-order chi connectivity index (χ0) is 14.5. The summed E-state index contributed by atoms with van der Waals surface area (Å²) in [5.41, 5.74) is 2.93. The van der Waals surface area contributed by atoms with Crippen LogP contribution in [-0.4, -0.2) is 31.6 Å². The van der Waals surface area contributed by atoms with E-state index in [9.17, 15) is 0 Å². The Balaban J connectivity index is 2.16. The van der Waals surface area contributed by atoms with Crippen molar-refractivity contribution in [1.82, 2.24) is 10.2 Å². The van der Waals surface area contributed by atoms with E-state index in [1.54, 1.807) is 0 Å². The number of benzene rings is 1. The molecule has 1 fully saturated rings. The zero-order valence-corrected chi connectivity index (χ0v) is 13.5. The summed E-state index contributed by atoms with van der Waals surface area (Å²) >= 11 is 0. The molecule has 0 saturated carbocycles. The molecule has 2 rings (SSSR count). The average Bonchev–Trinajstić information content (AvgIpc) is 2.45. The van der Waals surface area contributed by atoms with Gasteiger partial charge in [-0.1, -0.05) is 45.0 Å². The van der Waals surface area contributed by atoms with Crippen molar-refractivity contribution in [3.8, 4) is 0 Å². The van der Waals surface area contributed by atoms with Gasteiger partial charge in [-0.15, -0.1) is 0 Å². The van der Waals surface area contributed by atoms with Crippen LogP contribution in [0.1, 0.15) is 56.7 Å². The molecule has 20 heavy (non-hydrogen) atoms. The topological polar surface area (TPSA) is 15.3 Å². The number of nitrogens with one attached hydrogen (secondary N) is 1. The predicted octanol–water partition coefficient (Wildman–Crippen LogP) is 3.80. The van der Waals surface area contributed by atoms with Gasteiger partial charge in [0.15, 0.2) is 0 Å². The Morgan fingerprint density at radius 1 is 1.25 bits per heavy atom. The standard InChI is InChI=1S/C18H30N2/c1-5-19-13-17-7-6-12-20(4)18(17)16-10-8-15(9-11-16)14(2)3/h8-11,14,17-19H,5-7,12-13H2,1-4H3. The van der Waals surface area contributed by atoms with Gasteiger partial charge < -0.3 is 5.32 Å². The molecule has 0 spiro atoms. The third kappa shape index (κ3) is 3.62. The first kappa shape index (κ1) is 15.5. The van der Waals surface area contributed by atoms with Crippen LogP contribution >= 0.6 is 0 Å². The molecular formula is C18H30N2. The molecule has 2 nitrogen and oxygen atoms in total. The van der Waals surface area contributed by atoms with Crippen LogP contribution in [0.15, 0.2) is 24.3 Å². The molecule has 2 atom stereocenters. The maximum atomic E-state index is 3.54. The SMILES string of the molecule is CCNCC1CCCN(C)C1c1ccc(C(C)C)cc1. The summed E-state index contributed by atoms with van der Waals surface area (Å²) in [6.07, 6.45) is 2.67. The number of hydrogen-bond donors (Lipinski definition) is 1. The number of nitrogens with zero attached hydrogens (tertiary/aromatic N) is 1. The van der Waals surface area contributed by atoms with Gasteiger partial charge in [0.1, 0.15) is 0 Å². The van der Waals surface area contributed by atoms with Crippen LogP contribution in [0.2, 0.25) is 0 Å². The van der Waals surface area contributed by atoms with Gasteiger partial charge in [-0.2, -0.15) is 0 Å². The van der Waals surface area contributed by atoms with Crippen molar-refractivity contribution in [3.63, 3.8) is 0 Å². The minimum atomic E-state index is 0.573. The maximum absolute atomic E-state index is 3.54. The lowest BCUT2D eigenvalue weighted by Gasteiger charge is -2.40. The Hall–Kier alpha value is -0.860. The number of likely N-dealkylation sites (tertiary alicyclic amines) is 1. The van der Waals surface area contributed by atoms with Gasteiger partial charge in [0.05, 0.1) is 0 Å². The van der Waals surface area contributed by atoms with Gasteiger partial charge in [-0.05, 0) is 62.5 Å². The van der Waals surface area contributed by atoms with E-state index in [1.165, 1.54) is 30.5 Å². The smallest absolute Gasteiger partial charge is 0.0385 e. The first-order valence-corrected chi connectivity index (χ1v) is 8.14. The second-order valence-corrected chi connectivity index (χ2v) is 6.46. The van der Waals surface area contributed by atoms with E-state index in [4.69, 9.17) is 0 Å². The summed E-state index contributed by atoms with van der Waals surface area (Å²) < 4.78 is 0. The second kappa shape index (κ2) is 7.24. The summed E-state index contributed by atoms with van der Waals surface area (Å²) in [5.74, 6) is 1.35. The predicted molar refractivity (Wildman–Crippen MR) is 87.2 cm³/mol. The van der Waals surface area contributed by atoms with Gasteiger partial charge >= 0.3 is 0 Å². The largest absolute Gasteiger partial charge is 0.317 e. The Bertz CT molecular complexity index is 396. The quantitative estimate of drug-likeness (QED) is 0.878. The van der Waals surface area contributed by atoms with E-state index in [0.29, 0.717) is 12.0 Å². The summed E-state index contributed by atoms with van der Waals surface area (Å²) in [5, 5.41) is 3.54. The summed E-state index contributed by atoms with van der Waals surface area (Å²) in [6, 6.07) is 9.89. The molecule has 0 amide bonds. The Labute approximate surface area is 124 Å². The molecule has 112 valence electrons. The van der Waals surface area contributed by atoms with E-state index in [1.807, 2.05) is 0 Å². The number of hydrogen-bond acceptors (Lipinski definition) is 2. The summed E-state index contributed by atoms with van der Waals surface area (Å²) in [4.78, 5) is 2.54. The Morgan fingerprint density at radius 2 is 1.95 bits per heavy atom. The highest BCUT2D eigenvalue weighted by Crippen LogP contribution is 2.35. The lowest BCUT2D eigenvalue weighted by atomic mass is 9.84. The fraction of sp³-hybridized carbons (Fsp3) is 0.667. The summed E-state index contributed by atoms with van der Waals surface area (Å²) in [7, 11) is 2.28. The van der Waals surface area contributed by atoms with E-state index in [-0.39, 0.29) is 0 Å². The first-order chi connectivity index (χ1) is 9.63. The third-order valence-electron chi connectivity index (χ3n) is 4.61. The Morgan fingerprint density at radius 3 is 2.55 bits per heavy atom. The van der Waals surface area contributed by atoms with Crippen LogP contribution < -0.4 is 5.32 Å². The fourth-order valence-electron chi connectivity index (χ4n) is 3.41. The monoisotopic (exact) mass is 274 g/mol. The highest BCUT2D eigenvalue weighted by atomic mass is 15.1. The van der Waals surface area contributed by atoms with E-state index in [2.05, 4.69) is 62.3 Å². The minimum absolute atomic E-state index is 0.573. The molecule has 1 N–H and O–H groups in total. The van der Waals surface area contributed by atoms with Crippen molar-refractivity contribution in [1.29, 1.82) is 0 Å². The molecule has 0 aliphatic carbocycles. The third-order valence-corrected chi connectivity index (χ3v) is 4.61. The second-order valence-electron chi connectivity index (χ2n) is 6.46. The molecule has 0 radical (unpaired) electrons. The highest BCUT2D eigenvalue weighted by Gasteiger charge is 2.29. The van der Waals surface area contributed by atoms with Crippen molar-refractivity contribution in [2.45, 2.75) is 45.6 Å². The molecule has 1 aliphatic heterocycles. The van der Waals surface area contributed by atoms with Crippen LogP contribution in [0.5, 0.6) is 0 Å². The van der Waals surface area contributed by atoms with Crippen molar-refractivity contribution in [3.05, 3.63) is 35.4 Å². The van der Waals surface area contributed by atoms with E-state index >= 15 is 0 Å². The average molecular weight is 274 g/mol. The molecule has 1 aromatic rings. The van der Waals surface area contributed by atoms with Crippen LogP contribution in [-0.2, 0) is 0 Å². The van der Waals surface area contributed by atoms with Crippen molar-refractivity contribution >= 4 is 0 Å². The van der Waals surface area contributed by atoms with Gasteiger partial charge in [-0.3, -0.25) is 4.90 Å². The Kier molecular flexibility index (Phi) is 5.62. The van der Waals surface area contributed by atoms with Crippen molar-refractivity contribution < 1.29 is 0 Å².